The summed E-state index contributed by atoms with van der Waals surface area (Å²) >= 11 is 1.52. The second-order valence-electron chi connectivity index (χ2n) is 11.2. The Morgan fingerprint density at radius 3 is 1.46 bits per heavy atom. The minimum atomic E-state index is -2.36. The zero-order valence-corrected chi connectivity index (χ0v) is 25.3. The first-order chi connectivity index (χ1) is 18.6. The van der Waals surface area contributed by atoms with E-state index in [9.17, 15) is 4.79 Å². The lowest BCUT2D eigenvalue weighted by Gasteiger charge is -2.42. The number of hydrogen-bond acceptors (Lipinski definition) is 4. The summed E-state index contributed by atoms with van der Waals surface area (Å²) in [5.41, 5.74) is 3.34. The summed E-state index contributed by atoms with van der Waals surface area (Å²) in [5, 5.41) is -0.0829. The van der Waals surface area contributed by atoms with Crippen LogP contribution in [0.25, 0.3) is 0 Å². The van der Waals surface area contributed by atoms with Crippen molar-refractivity contribution in [3.63, 3.8) is 0 Å². The van der Waals surface area contributed by atoms with Crippen LogP contribution in [0.2, 0.25) is 18.1 Å². The van der Waals surface area contributed by atoms with E-state index in [0.717, 1.165) is 22.3 Å². The molecule has 1 unspecified atom stereocenters. The van der Waals surface area contributed by atoms with E-state index < -0.39 is 18.5 Å². The maximum absolute atomic E-state index is 13.9. The Kier molecular flexibility index (Phi) is 9.16. The van der Waals surface area contributed by atoms with Crippen molar-refractivity contribution in [1.29, 1.82) is 0 Å². The van der Waals surface area contributed by atoms with Gasteiger partial charge in [-0.1, -0.05) is 154 Å². The van der Waals surface area contributed by atoms with Gasteiger partial charge in [0.1, 0.15) is 6.61 Å². The van der Waals surface area contributed by atoms with Crippen molar-refractivity contribution < 1.29 is 14.0 Å². The average Bonchev–Trinajstić information content (AvgIpc) is 2.95. The van der Waals surface area contributed by atoms with Crippen LogP contribution in [0.15, 0.2) is 121 Å². The molecule has 0 aliphatic heterocycles. The third-order valence-electron chi connectivity index (χ3n) is 7.45. The lowest BCUT2D eigenvalue weighted by atomic mass is 9.84. The molecule has 0 fully saturated rings. The summed E-state index contributed by atoms with van der Waals surface area (Å²) in [7, 11) is -2.36. The van der Waals surface area contributed by atoms with Gasteiger partial charge >= 0.3 is 5.97 Å². The van der Waals surface area contributed by atoms with Gasteiger partial charge in [-0.15, -0.1) is 0 Å². The fourth-order valence-corrected chi connectivity index (χ4v) is 7.45. The van der Waals surface area contributed by atoms with Crippen LogP contribution in [0.5, 0.6) is 0 Å². The molecule has 0 aliphatic rings. The van der Waals surface area contributed by atoms with Crippen LogP contribution in [-0.4, -0.2) is 19.7 Å². The van der Waals surface area contributed by atoms with E-state index in [0.29, 0.717) is 0 Å². The Labute approximate surface area is 238 Å². The number of rotatable bonds is 10. The van der Waals surface area contributed by atoms with Gasteiger partial charge in [-0.2, -0.15) is 0 Å². The van der Waals surface area contributed by atoms with E-state index in [2.05, 4.69) is 70.3 Å². The Balaban J connectivity index is 1.84. The fraction of sp³-hybridized carbons (Fsp3) is 0.265. The molecule has 0 saturated carbocycles. The van der Waals surface area contributed by atoms with E-state index in [-0.39, 0.29) is 17.6 Å². The molecule has 0 amide bonds. The van der Waals surface area contributed by atoms with Gasteiger partial charge in [0, 0.05) is 0 Å². The highest BCUT2D eigenvalue weighted by molar-refractivity contribution is 8.01. The van der Waals surface area contributed by atoms with Gasteiger partial charge in [-0.3, -0.25) is 0 Å². The highest BCUT2D eigenvalue weighted by Gasteiger charge is 2.47. The second-order valence-corrected chi connectivity index (χ2v) is 17.2. The predicted molar refractivity (Wildman–Crippen MR) is 165 cm³/mol. The van der Waals surface area contributed by atoms with Gasteiger partial charge < -0.3 is 9.16 Å². The molecular weight excluding hydrogens is 517 g/mol. The van der Waals surface area contributed by atoms with E-state index in [1.165, 1.54) is 11.8 Å². The van der Waals surface area contributed by atoms with Crippen molar-refractivity contribution in [3.05, 3.63) is 144 Å². The number of ether oxygens (including phenoxy) is 1. The van der Waals surface area contributed by atoms with Crippen molar-refractivity contribution >= 4 is 26.0 Å². The third-order valence-corrected chi connectivity index (χ3v) is 13.6. The maximum atomic E-state index is 13.9. The summed E-state index contributed by atoms with van der Waals surface area (Å²) in [4.78, 5) is 13.9. The highest BCUT2D eigenvalue weighted by atomic mass is 32.2. The number of thioether (sulfide) groups is 1. The first-order valence-electron chi connectivity index (χ1n) is 13.4. The van der Waals surface area contributed by atoms with Gasteiger partial charge in [0.15, 0.2) is 13.8 Å². The molecule has 0 radical (unpaired) electrons. The number of carbonyl (C=O) groups is 1. The number of esters is 1. The van der Waals surface area contributed by atoms with Crippen molar-refractivity contribution in [3.8, 4) is 0 Å². The van der Waals surface area contributed by atoms with Gasteiger partial charge in [0.25, 0.3) is 0 Å². The molecule has 0 bridgehead atoms. The molecule has 1 atom stereocenters. The number of benzene rings is 4. The Hall–Kier alpha value is -3.12. The molecule has 39 heavy (non-hydrogen) atoms. The minimum Gasteiger partial charge on any atom is -0.458 e. The van der Waals surface area contributed by atoms with E-state index in [4.69, 9.17) is 9.16 Å². The van der Waals surface area contributed by atoms with Gasteiger partial charge in [-0.25, -0.2) is 4.79 Å². The predicted octanol–water partition coefficient (Wildman–Crippen LogP) is 8.80. The molecular formula is C34H38O3SSi. The van der Waals surface area contributed by atoms with Crippen LogP contribution in [0.3, 0.4) is 0 Å². The number of carbonyl (C=O) groups excluding carboxylic acids is 1. The average molecular weight is 555 g/mol. The summed E-state index contributed by atoms with van der Waals surface area (Å²) in [6, 6.07) is 40.9. The molecule has 4 aromatic rings. The lowest BCUT2D eigenvalue weighted by Crippen LogP contribution is -2.46. The molecule has 0 heterocycles. The maximum Gasteiger partial charge on any atom is 0.345 e. The van der Waals surface area contributed by atoms with Gasteiger partial charge in [-0.05, 0) is 40.4 Å². The Bertz CT molecular complexity index is 1220. The molecule has 202 valence electrons. The third kappa shape index (κ3) is 6.72. The largest absolute Gasteiger partial charge is 0.458 e. The summed E-state index contributed by atoms with van der Waals surface area (Å²) < 4.78 is 12.1. The highest BCUT2D eigenvalue weighted by Crippen LogP contribution is 2.52. The Morgan fingerprint density at radius 2 is 1.08 bits per heavy atom. The first-order valence-corrected chi connectivity index (χ1v) is 17.1. The van der Waals surface area contributed by atoms with E-state index >= 15 is 0 Å². The molecule has 0 saturated heterocycles. The van der Waals surface area contributed by atoms with Crippen molar-refractivity contribution in [1.82, 2.24) is 0 Å². The standard InChI is InChI=1S/C34H38O3SSi/c1-33(2,3)39(4,5)37-32(31(35)36-26-27-18-10-6-11-19-27)38-34(28-20-12-7-13-21-28,29-22-14-8-15-23-29)30-24-16-9-17-25-30/h6-25,32H,26H2,1-5H3. The molecule has 0 spiro atoms. The first kappa shape index (κ1) is 28.9. The SMILES string of the molecule is CC(C)(C)[Si](C)(C)OC(SC(c1ccccc1)(c1ccccc1)c1ccccc1)C(=O)OCc1ccccc1. The molecule has 0 aromatic heterocycles. The molecule has 5 heteroatoms. The summed E-state index contributed by atoms with van der Waals surface area (Å²) in [5.74, 6) is -0.360. The van der Waals surface area contributed by atoms with Crippen LogP contribution in [0, 0.1) is 0 Å². The fourth-order valence-electron chi connectivity index (χ4n) is 4.24. The minimum absolute atomic E-state index is 0.0829. The number of hydrogen-bond donors (Lipinski definition) is 0. The van der Waals surface area contributed by atoms with Crippen LogP contribution in [0.1, 0.15) is 43.0 Å². The van der Waals surface area contributed by atoms with Crippen molar-refractivity contribution in [2.24, 2.45) is 0 Å². The molecule has 4 aromatic carbocycles. The molecule has 0 N–H and O–H groups in total. The molecule has 4 rings (SSSR count). The Morgan fingerprint density at radius 1 is 0.692 bits per heavy atom. The lowest BCUT2D eigenvalue weighted by molar-refractivity contribution is -0.149. The van der Waals surface area contributed by atoms with Crippen LogP contribution in [0.4, 0.5) is 0 Å². The van der Waals surface area contributed by atoms with Gasteiger partial charge in [0.05, 0.1) is 4.75 Å². The van der Waals surface area contributed by atoms with Crippen LogP contribution >= 0.6 is 11.8 Å². The monoisotopic (exact) mass is 554 g/mol. The molecule has 3 nitrogen and oxygen atoms in total. The topological polar surface area (TPSA) is 35.5 Å². The van der Waals surface area contributed by atoms with Crippen LogP contribution in [-0.2, 0) is 25.3 Å². The zero-order valence-electron chi connectivity index (χ0n) is 23.5. The van der Waals surface area contributed by atoms with Crippen molar-refractivity contribution in [2.45, 2.75) is 55.7 Å². The molecule has 0 aliphatic carbocycles. The second kappa shape index (κ2) is 12.4. The smallest absolute Gasteiger partial charge is 0.345 e. The summed E-state index contributed by atoms with van der Waals surface area (Å²) in [6.07, 6.45) is 0. The van der Waals surface area contributed by atoms with Crippen LogP contribution < -0.4 is 0 Å². The normalized spacial score (nSPS) is 13.1. The van der Waals surface area contributed by atoms with Crippen molar-refractivity contribution in [2.75, 3.05) is 0 Å². The zero-order chi connectivity index (χ0) is 27.9. The van der Waals surface area contributed by atoms with E-state index in [1.54, 1.807) is 0 Å². The summed E-state index contributed by atoms with van der Waals surface area (Å²) in [6.45, 7) is 11.1. The van der Waals surface area contributed by atoms with E-state index in [1.807, 2.05) is 84.9 Å². The van der Waals surface area contributed by atoms with Gasteiger partial charge in [0.2, 0.25) is 0 Å². The quantitative estimate of drug-likeness (QED) is 0.0849.